The van der Waals surface area contributed by atoms with Crippen LogP contribution in [0.3, 0.4) is 0 Å². The number of rotatable bonds is 5. The number of carboxylic acid groups (broad SMARTS) is 1. The van der Waals surface area contributed by atoms with E-state index in [1.807, 2.05) is 0 Å². The zero-order chi connectivity index (χ0) is 15.4. The van der Waals surface area contributed by atoms with Gasteiger partial charge in [-0.2, -0.15) is 0 Å². The lowest BCUT2D eigenvalue weighted by atomic mass is 10.1. The van der Waals surface area contributed by atoms with Gasteiger partial charge >= 0.3 is 5.97 Å². The Morgan fingerprint density at radius 1 is 1.05 bits per heavy atom. The molecule has 1 unspecified atom stereocenters. The number of halogens is 2. The van der Waals surface area contributed by atoms with Crippen LogP contribution in [0.15, 0.2) is 47.4 Å². The zero-order valence-corrected chi connectivity index (χ0v) is 11.7. The second kappa shape index (κ2) is 6.58. The lowest BCUT2D eigenvalue weighted by Gasteiger charge is -2.05. The molecule has 0 aliphatic heterocycles. The van der Waals surface area contributed by atoms with E-state index in [0.29, 0.717) is 11.1 Å². The molecule has 0 saturated carbocycles. The van der Waals surface area contributed by atoms with Crippen LogP contribution >= 0.6 is 0 Å². The zero-order valence-electron chi connectivity index (χ0n) is 10.9. The van der Waals surface area contributed by atoms with E-state index in [1.54, 1.807) is 24.3 Å². The third-order valence-electron chi connectivity index (χ3n) is 2.81. The molecule has 110 valence electrons. The van der Waals surface area contributed by atoms with Crippen LogP contribution in [0.4, 0.5) is 8.78 Å². The summed E-state index contributed by atoms with van der Waals surface area (Å²) in [4.78, 5) is 10.4. The van der Waals surface area contributed by atoms with Gasteiger partial charge in [0.2, 0.25) is 0 Å². The van der Waals surface area contributed by atoms with Crippen molar-refractivity contribution in [2.24, 2.45) is 0 Å². The van der Waals surface area contributed by atoms with Gasteiger partial charge in [-0.15, -0.1) is 0 Å². The molecule has 2 aromatic carbocycles. The van der Waals surface area contributed by atoms with Gasteiger partial charge in [0.15, 0.2) is 0 Å². The summed E-state index contributed by atoms with van der Waals surface area (Å²) < 4.78 is 38.6. The number of carboxylic acids is 1. The van der Waals surface area contributed by atoms with Gasteiger partial charge in [0.25, 0.3) is 0 Å². The van der Waals surface area contributed by atoms with Gasteiger partial charge in [0, 0.05) is 0 Å². The summed E-state index contributed by atoms with van der Waals surface area (Å²) in [5.74, 6) is -2.25. The molecule has 2 rings (SSSR count). The molecule has 0 aromatic heterocycles. The SMILES string of the molecule is O=C(O)Cc1ccc(CS(=O)c2cc(F)ccc2F)cc1. The normalized spacial score (nSPS) is 12.1. The van der Waals surface area contributed by atoms with Crippen molar-refractivity contribution in [1.82, 2.24) is 0 Å². The number of hydrogen-bond acceptors (Lipinski definition) is 2. The van der Waals surface area contributed by atoms with Crippen LogP contribution in [0.1, 0.15) is 11.1 Å². The smallest absolute Gasteiger partial charge is 0.307 e. The molecule has 6 heteroatoms. The number of carbonyl (C=O) groups is 1. The first-order valence-electron chi connectivity index (χ1n) is 6.09. The number of benzene rings is 2. The van der Waals surface area contributed by atoms with Crippen LogP contribution in [-0.4, -0.2) is 15.3 Å². The summed E-state index contributed by atoms with van der Waals surface area (Å²) in [5.41, 5.74) is 1.28. The van der Waals surface area contributed by atoms with Crippen LogP contribution in [0.2, 0.25) is 0 Å². The van der Waals surface area contributed by atoms with Crippen molar-refractivity contribution in [3.8, 4) is 0 Å². The first-order valence-corrected chi connectivity index (χ1v) is 7.40. The first-order chi connectivity index (χ1) is 9.95. The average molecular weight is 310 g/mol. The second-order valence-electron chi connectivity index (χ2n) is 4.45. The molecule has 1 atom stereocenters. The Hall–Kier alpha value is -2.08. The summed E-state index contributed by atoms with van der Waals surface area (Å²) in [7, 11) is -1.70. The fraction of sp³-hybridized carbons (Fsp3) is 0.133. The van der Waals surface area contributed by atoms with Crippen LogP contribution in [0.5, 0.6) is 0 Å². The van der Waals surface area contributed by atoms with Crippen molar-refractivity contribution in [3.05, 3.63) is 65.2 Å². The van der Waals surface area contributed by atoms with E-state index in [2.05, 4.69) is 0 Å². The Morgan fingerprint density at radius 2 is 1.67 bits per heavy atom. The van der Waals surface area contributed by atoms with Gasteiger partial charge in [-0.1, -0.05) is 24.3 Å². The van der Waals surface area contributed by atoms with Crippen molar-refractivity contribution in [1.29, 1.82) is 0 Å². The van der Waals surface area contributed by atoms with Crippen molar-refractivity contribution >= 4 is 16.8 Å². The molecule has 0 aliphatic rings. The largest absolute Gasteiger partial charge is 0.481 e. The van der Waals surface area contributed by atoms with Crippen molar-refractivity contribution in [2.45, 2.75) is 17.1 Å². The van der Waals surface area contributed by atoms with E-state index in [9.17, 15) is 17.8 Å². The third kappa shape index (κ3) is 4.19. The molecule has 21 heavy (non-hydrogen) atoms. The summed E-state index contributed by atoms with van der Waals surface area (Å²) in [5, 5.41) is 8.66. The molecule has 3 nitrogen and oxygen atoms in total. The van der Waals surface area contributed by atoms with Gasteiger partial charge in [0.1, 0.15) is 11.6 Å². The van der Waals surface area contributed by atoms with Crippen molar-refractivity contribution in [2.75, 3.05) is 0 Å². The highest BCUT2D eigenvalue weighted by Crippen LogP contribution is 2.18. The molecule has 0 radical (unpaired) electrons. The summed E-state index contributed by atoms with van der Waals surface area (Å²) >= 11 is 0. The molecule has 0 aliphatic carbocycles. The van der Waals surface area contributed by atoms with Crippen LogP contribution in [0, 0.1) is 11.6 Å². The Balaban J connectivity index is 2.12. The summed E-state index contributed by atoms with van der Waals surface area (Å²) in [6.07, 6.45) is -0.0953. The Kier molecular flexibility index (Phi) is 4.80. The van der Waals surface area contributed by atoms with Crippen LogP contribution < -0.4 is 0 Å². The Labute approximate surface area is 122 Å². The standard InChI is InChI=1S/C15H12F2O3S/c16-12-5-6-13(17)14(8-12)21(20)9-11-3-1-10(2-4-11)7-15(18)19/h1-6,8H,7,9H2,(H,18,19). The van der Waals surface area contributed by atoms with Gasteiger partial charge in [0.05, 0.1) is 27.9 Å². The molecule has 2 aromatic rings. The molecule has 1 N–H and O–H groups in total. The predicted molar refractivity (Wildman–Crippen MR) is 74.3 cm³/mol. The van der Waals surface area contributed by atoms with Gasteiger partial charge < -0.3 is 5.11 Å². The van der Waals surface area contributed by atoms with E-state index in [4.69, 9.17) is 5.11 Å². The summed E-state index contributed by atoms with van der Waals surface area (Å²) in [6.45, 7) is 0. The fourth-order valence-electron chi connectivity index (χ4n) is 1.81. The monoisotopic (exact) mass is 310 g/mol. The van der Waals surface area contributed by atoms with Gasteiger partial charge in [-0.25, -0.2) is 8.78 Å². The highest BCUT2D eigenvalue weighted by atomic mass is 32.2. The Bertz CT molecular complexity index is 684. The molecule has 0 fully saturated rings. The lowest BCUT2D eigenvalue weighted by molar-refractivity contribution is -0.136. The second-order valence-corrected chi connectivity index (χ2v) is 5.87. The maximum atomic E-state index is 13.5. The maximum Gasteiger partial charge on any atom is 0.307 e. The fourth-order valence-corrected chi connectivity index (χ4v) is 2.99. The van der Waals surface area contributed by atoms with Gasteiger partial charge in [-0.3, -0.25) is 9.00 Å². The average Bonchev–Trinajstić information content (AvgIpc) is 2.43. The quantitative estimate of drug-likeness (QED) is 0.924. The topological polar surface area (TPSA) is 54.4 Å². The molecule has 0 heterocycles. The number of aliphatic carboxylic acids is 1. The maximum absolute atomic E-state index is 13.5. The Morgan fingerprint density at radius 3 is 2.29 bits per heavy atom. The van der Waals surface area contributed by atoms with Crippen LogP contribution in [-0.2, 0) is 27.8 Å². The molecule has 0 bridgehead atoms. The van der Waals surface area contributed by atoms with E-state index in [-0.39, 0.29) is 17.1 Å². The number of hydrogen-bond donors (Lipinski definition) is 1. The molecular weight excluding hydrogens is 298 g/mol. The summed E-state index contributed by atoms with van der Waals surface area (Å²) in [6, 6.07) is 9.32. The van der Waals surface area contributed by atoms with Crippen molar-refractivity contribution < 1.29 is 22.9 Å². The van der Waals surface area contributed by atoms with E-state index in [1.165, 1.54) is 0 Å². The highest BCUT2D eigenvalue weighted by molar-refractivity contribution is 7.84. The molecule has 0 saturated heterocycles. The predicted octanol–water partition coefficient (Wildman–Crippen LogP) is 2.90. The molecule has 0 spiro atoms. The first kappa shape index (κ1) is 15.3. The minimum absolute atomic E-state index is 0.0354. The highest BCUT2D eigenvalue weighted by Gasteiger charge is 2.12. The van der Waals surface area contributed by atoms with E-state index < -0.39 is 28.4 Å². The van der Waals surface area contributed by atoms with E-state index in [0.717, 1.165) is 18.2 Å². The minimum Gasteiger partial charge on any atom is -0.481 e. The third-order valence-corrected chi connectivity index (χ3v) is 4.21. The van der Waals surface area contributed by atoms with Crippen LogP contribution in [0.25, 0.3) is 0 Å². The molecule has 0 amide bonds. The van der Waals surface area contributed by atoms with Gasteiger partial charge in [-0.05, 0) is 29.3 Å². The van der Waals surface area contributed by atoms with Crippen molar-refractivity contribution in [3.63, 3.8) is 0 Å². The minimum atomic E-state index is -1.70. The molecular formula is C15H12F2O3S. The van der Waals surface area contributed by atoms with E-state index >= 15 is 0 Å². The lowest BCUT2D eigenvalue weighted by Crippen LogP contribution is -2.02.